The highest BCUT2D eigenvalue weighted by Gasteiger charge is 2.12. The minimum Gasteiger partial charge on any atom is -0.338 e. The molecule has 108 valence electrons. The number of thioether (sulfide) groups is 1. The van der Waals surface area contributed by atoms with E-state index in [0.29, 0.717) is 0 Å². The molecule has 2 heterocycles. The summed E-state index contributed by atoms with van der Waals surface area (Å²) in [7, 11) is 0. The highest BCUT2D eigenvalue weighted by molar-refractivity contribution is 7.99. The van der Waals surface area contributed by atoms with E-state index in [4.69, 9.17) is 0 Å². The molecule has 0 saturated carbocycles. The van der Waals surface area contributed by atoms with Crippen LogP contribution in [0.25, 0.3) is 17.0 Å². The number of nitrogens with zero attached hydrogens (tertiary/aromatic N) is 2. The number of amides is 1. The Morgan fingerprint density at radius 1 is 1.19 bits per heavy atom. The van der Waals surface area contributed by atoms with Crippen molar-refractivity contribution in [2.24, 2.45) is 0 Å². The van der Waals surface area contributed by atoms with Crippen molar-refractivity contribution >= 4 is 34.6 Å². The van der Waals surface area contributed by atoms with Gasteiger partial charge in [-0.2, -0.15) is 11.8 Å². The van der Waals surface area contributed by atoms with Crippen molar-refractivity contribution in [3.63, 3.8) is 0 Å². The molecule has 3 nitrogen and oxygen atoms in total. The largest absolute Gasteiger partial charge is 0.338 e. The van der Waals surface area contributed by atoms with Crippen LogP contribution in [0.4, 0.5) is 0 Å². The molecule has 4 heteroatoms. The SMILES string of the molecule is O=C(/C=C\c1ccnc2ccccc12)N1CCCSCC1. The summed E-state index contributed by atoms with van der Waals surface area (Å²) < 4.78 is 0. The molecule has 1 aliphatic heterocycles. The maximum atomic E-state index is 12.3. The Bertz CT molecular complexity index is 655. The molecular weight excluding hydrogens is 280 g/mol. The monoisotopic (exact) mass is 298 g/mol. The van der Waals surface area contributed by atoms with Crippen LogP contribution in [-0.2, 0) is 4.79 Å². The first-order chi connectivity index (χ1) is 10.3. The van der Waals surface area contributed by atoms with Gasteiger partial charge in [-0.3, -0.25) is 9.78 Å². The standard InChI is InChI=1S/C17H18N2OS/c20-17(19-10-3-12-21-13-11-19)7-6-14-8-9-18-16-5-2-1-4-15(14)16/h1-2,4-9H,3,10-13H2/b7-6-. The summed E-state index contributed by atoms with van der Waals surface area (Å²) in [6, 6.07) is 9.94. The number of hydrogen-bond acceptors (Lipinski definition) is 3. The summed E-state index contributed by atoms with van der Waals surface area (Å²) in [5, 5.41) is 1.08. The maximum absolute atomic E-state index is 12.3. The van der Waals surface area contributed by atoms with E-state index in [1.54, 1.807) is 12.3 Å². The van der Waals surface area contributed by atoms with Gasteiger partial charge in [0.25, 0.3) is 0 Å². The van der Waals surface area contributed by atoms with Crippen molar-refractivity contribution in [3.8, 4) is 0 Å². The Morgan fingerprint density at radius 2 is 2.10 bits per heavy atom. The van der Waals surface area contributed by atoms with Gasteiger partial charge in [-0.05, 0) is 35.9 Å². The van der Waals surface area contributed by atoms with E-state index < -0.39 is 0 Å². The average molecular weight is 298 g/mol. The fourth-order valence-corrected chi connectivity index (χ4v) is 3.38. The van der Waals surface area contributed by atoms with Crippen molar-refractivity contribution in [3.05, 3.63) is 48.2 Å². The first-order valence-corrected chi connectivity index (χ1v) is 8.38. The van der Waals surface area contributed by atoms with E-state index in [9.17, 15) is 4.79 Å². The van der Waals surface area contributed by atoms with E-state index in [-0.39, 0.29) is 5.91 Å². The van der Waals surface area contributed by atoms with Gasteiger partial charge in [0.15, 0.2) is 0 Å². The molecule has 1 aliphatic rings. The Labute approximate surface area is 129 Å². The van der Waals surface area contributed by atoms with Crippen molar-refractivity contribution in [1.82, 2.24) is 9.88 Å². The zero-order chi connectivity index (χ0) is 14.5. The zero-order valence-electron chi connectivity index (χ0n) is 11.9. The van der Waals surface area contributed by atoms with Gasteiger partial charge in [-0.15, -0.1) is 0 Å². The first kappa shape index (κ1) is 14.1. The fraction of sp³-hybridized carbons (Fsp3) is 0.294. The molecule has 1 aromatic heterocycles. The fourth-order valence-electron chi connectivity index (χ4n) is 2.50. The van der Waals surface area contributed by atoms with Gasteiger partial charge < -0.3 is 4.90 Å². The molecule has 1 amide bonds. The summed E-state index contributed by atoms with van der Waals surface area (Å²) in [6.07, 6.45) is 6.47. The first-order valence-electron chi connectivity index (χ1n) is 7.23. The number of para-hydroxylation sites is 1. The number of hydrogen-bond donors (Lipinski definition) is 0. The third kappa shape index (κ3) is 3.45. The lowest BCUT2D eigenvalue weighted by Crippen LogP contribution is -2.31. The van der Waals surface area contributed by atoms with Crippen molar-refractivity contribution in [2.75, 3.05) is 24.6 Å². The average Bonchev–Trinajstić information content (AvgIpc) is 2.82. The number of pyridine rings is 1. The molecule has 1 saturated heterocycles. The maximum Gasteiger partial charge on any atom is 0.246 e. The highest BCUT2D eigenvalue weighted by Crippen LogP contribution is 2.18. The minimum atomic E-state index is 0.110. The molecule has 0 bridgehead atoms. The van der Waals surface area contributed by atoms with Crippen LogP contribution >= 0.6 is 11.8 Å². The molecule has 0 spiro atoms. The molecule has 1 aromatic carbocycles. The van der Waals surface area contributed by atoms with Gasteiger partial charge in [0.05, 0.1) is 5.52 Å². The molecule has 0 radical (unpaired) electrons. The Morgan fingerprint density at radius 3 is 3.05 bits per heavy atom. The third-order valence-corrected chi connectivity index (χ3v) is 4.67. The van der Waals surface area contributed by atoms with Crippen molar-refractivity contribution in [2.45, 2.75) is 6.42 Å². The van der Waals surface area contributed by atoms with Gasteiger partial charge >= 0.3 is 0 Å². The second-order valence-electron chi connectivity index (χ2n) is 5.04. The minimum absolute atomic E-state index is 0.110. The van der Waals surface area contributed by atoms with E-state index in [1.165, 1.54) is 0 Å². The number of carbonyl (C=O) groups is 1. The number of carbonyl (C=O) groups excluding carboxylic acids is 1. The molecule has 21 heavy (non-hydrogen) atoms. The second-order valence-corrected chi connectivity index (χ2v) is 6.27. The number of benzene rings is 1. The summed E-state index contributed by atoms with van der Waals surface area (Å²) in [4.78, 5) is 18.6. The van der Waals surface area contributed by atoms with Crippen LogP contribution in [0.15, 0.2) is 42.6 Å². The Hall–Kier alpha value is -1.81. The summed E-state index contributed by atoms with van der Waals surface area (Å²) in [5.41, 5.74) is 2.00. The highest BCUT2D eigenvalue weighted by atomic mass is 32.2. The van der Waals surface area contributed by atoms with Gasteiger partial charge in [0.1, 0.15) is 0 Å². The van der Waals surface area contributed by atoms with Crippen molar-refractivity contribution in [1.29, 1.82) is 0 Å². The number of aromatic nitrogens is 1. The van der Waals surface area contributed by atoms with Gasteiger partial charge in [0.2, 0.25) is 5.91 Å². The number of fused-ring (bicyclic) bond motifs is 1. The number of rotatable bonds is 2. The van der Waals surface area contributed by atoms with Crippen LogP contribution in [0.2, 0.25) is 0 Å². The molecule has 0 aliphatic carbocycles. The molecule has 1 fully saturated rings. The van der Waals surface area contributed by atoms with Crippen LogP contribution in [0.5, 0.6) is 0 Å². The van der Waals surface area contributed by atoms with E-state index >= 15 is 0 Å². The molecule has 0 atom stereocenters. The van der Waals surface area contributed by atoms with E-state index in [1.807, 2.05) is 53.1 Å². The predicted molar refractivity (Wildman–Crippen MR) is 89.3 cm³/mol. The summed E-state index contributed by atoms with van der Waals surface area (Å²) in [6.45, 7) is 1.72. The van der Waals surface area contributed by atoms with Gasteiger partial charge in [-0.1, -0.05) is 18.2 Å². The Balaban J connectivity index is 1.79. The van der Waals surface area contributed by atoms with Crippen LogP contribution in [0.3, 0.4) is 0 Å². The van der Waals surface area contributed by atoms with E-state index in [0.717, 1.165) is 47.5 Å². The quantitative estimate of drug-likeness (QED) is 0.798. The molecule has 3 rings (SSSR count). The van der Waals surface area contributed by atoms with Crippen molar-refractivity contribution < 1.29 is 4.79 Å². The summed E-state index contributed by atoms with van der Waals surface area (Å²) >= 11 is 1.93. The second kappa shape index (κ2) is 6.76. The van der Waals surface area contributed by atoms with E-state index in [2.05, 4.69) is 4.98 Å². The lowest BCUT2D eigenvalue weighted by atomic mass is 10.1. The lowest BCUT2D eigenvalue weighted by Gasteiger charge is -2.17. The normalized spacial score (nSPS) is 16.3. The zero-order valence-corrected chi connectivity index (χ0v) is 12.7. The molecule has 0 unspecified atom stereocenters. The predicted octanol–water partition coefficient (Wildman–Crippen LogP) is 3.21. The topological polar surface area (TPSA) is 33.2 Å². The van der Waals surface area contributed by atoms with Crippen LogP contribution in [0.1, 0.15) is 12.0 Å². The van der Waals surface area contributed by atoms with Crippen LogP contribution in [-0.4, -0.2) is 40.4 Å². The van der Waals surface area contributed by atoms with Gasteiger partial charge in [0, 0.05) is 36.5 Å². The molecule has 2 aromatic rings. The van der Waals surface area contributed by atoms with Crippen LogP contribution in [0, 0.1) is 0 Å². The van der Waals surface area contributed by atoms with Crippen LogP contribution < -0.4 is 0 Å². The Kier molecular flexibility index (Phi) is 4.55. The van der Waals surface area contributed by atoms with Gasteiger partial charge in [-0.25, -0.2) is 0 Å². The summed E-state index contributed by atoms with van der Waals surface area (Å²) in [5.74, 6) is 2.30. The molecule has 0 N–H and O–H groups in total. The lowest BCUT2D eigenvalue weighted by molar-refractivity contribution is -0.125. The smallest absolute Gasteiger partial charge is 0.246 e. The molecular formula is C17H18N2OS. The third-order valence-electron chi connectivity index (χ3n) is 3.62.